The standard InChI is InChI=1S/C52H40/c1-2-11-34(12-3-1)35-21-23-36(24-22-35)49-41-15-6-8-17-43(41)50(44-18-9-7-16-42(44)49)46-20-10-19-45-47-30-37-13-4-5-14-38(37)31-48(47)52(51(45)46)39-26-32-25-33(28-39)29-40(52)27-32/h1-24,30-33,39-40H,25-29H2. The third-order valence-corrected chi connectivity index (χ3v) is 14.0. The highest BCUT2D eigenvalue weighted by molar-refractivity contribution is 6.22. The average molecular weight is 665 g/mol. The van der Waals surface area contributed by atoms with Gasteiger partial charge in [-0.25, -0.2) is 0 Å². The van der Waals surface area contributed by atoms with E-state index >= 15 is 0 Å². The first-order valence-electron chi connectivity index (χ1n) is 19.5. The van der Waals surface area contributed by atoms with Crippen LogP contribution in [0.25, 0.3) is 76.8 Å². The lowest BCUT2D eigenvalue weighted by molar-refractivity contribution is -0.0396. The van der Waals surface area contributed by atoms with Crippen LogP contribution in [0.15, 0.2) is 158 Å². The summed E-state index contributed by atoms with van der Waals surface area (Å²) < 4.78 is 0. The Bertz CT molecular complexity index is 2650. The van der Waals surface area contributed by atoms with Gasteiger partial charge in [0, 0.05) is 5.41 Å². The number of fused-ring (bicyclic) bond motifs is 6. The van der Waals surface area contributed by atoms with Crippen LogP contribution in [0.2, 0.25) is 0 Å². The van der Waals surface area contributed by atoms with Gasteiger partial charge >= 0.3 is 0 Å². The zero-order valence-corrected chi connectivity index (χ0v) is 29.4. The van der Waals surface area contributed by atoms with Crippen LogP contribution in [0.4, 0.5) is 0 Å². The predicted octanol–water partition coefficient (Wildman–Crippen LogP) is 13.9. The molecule has 4 saturated carbocycles. The average Bonchev–Trinajstić information content (AvgIpc) is 3.48. The van der Waals surface area contributed by atoms with E-state index in [9.17, 15) is 0 Å². The monoisotopic (exact) mass is 664 g/mol. The van der Waals surface area contributed by atoms with Gasteiger partial charge in [-0.2, -0.15) is 0 Å². The van der Waals surface area contributed by atoms with Gasteiger partial charge in [-0.15, -0.1) is 0 Å². The fourth-order valence-corrected chi connectivity index (χ4v) is 12.3. The molecule has 0 nitrogen and oxygen atoms in total. The molecule has 8 aromatic carbocycles. The van der Waals surface area contributed by atoms with Crippen molar-refractivity contribution in [1.29, 1.82) is 0 Å². The van der Waals surface area contributed by atoms with Crippen molar-refractivity contribution < 1.29 is 0 Å². The molecule has 13 rings (SSSR count). The number of hydrogen-bond donors (Lipinski definition) is 0. The Labute approximate surface area is 305 Å². The summed E-state index contributed by atoms with van der Waals surface area (Å²) in [5, 5.41) is 8.14. The minimum Gasteiger partial charge on any atom is -0.0622 e. The van der Waals surface area contributed by atoms with Gasteiger partial charge in [0.25, 0.3) is 0 Å². The lowest BCUT2D eigenvalue weighted by atomic mass is 9.42. The molecule has 8 aromatic rings. The Hall–Kier alpha value is -5.46. The highest BCUT2D eigenvalue weighted by atomic mass is 14.7. The van der Waals surface area contributed by atoms with Crippen LogP contribution in [-0.4, -0.2) is 0 Å². The second-order valence-corrected chi connectivity index (χ2v) is 16.4. The summed E-state index contributed by atoms with van der Waals surface area (Å²) in [6, 6.07) is 60.1. The molecule has 5 aliphatic carbocycles. The Kier molecular flexibility index (Phi) is 6.04. The maximum Gasteiger partial charge on any atom is 0.0278 e. The third kappa shape index (κ3) is 3.88. The summed E-state index contributed by atoms with van der Waals surface area (Å²) in [5.74, 6) is 3.21. The Morgan fingerprint density at radius 3 is 1.50 bits per heavy atom. The summed E-state index contributed by atoms with van der Waals surface area (Å²) >= 11 is 0. The van der Waals surface area contributed by atoms with Crippen molar-refractivity contribution in [1.82, 2.24) is 0 Å². The fraction of sp³-hybridized carbons (Fsp3) is 0.192. The molecule has 0 unspecified atom stereocenters. The predicted molar refractivity (Wildman–Crippen MR) is 219 cm³/mol. The Morgan fingerprint density at radius 1 is 0.365 bits per heavy atom. The molecule has 4 fully saturated rings. The summed E-state index contributed by atoms with van der Waals surface area (Å²) in [6.07, 6.45) is 6.99. The number of rotatable bonds is 3. The van der Waals surface area contributed by atoms with Gasteiger partial charge in [-0.05, 0) is 156 Å². The van der Waals surface area contributed by atoms with Crippen molar-refractivity contribution in [2.45, 2.75) is 37.5 Å². The van der Waals surface area contributed by atoms with Crippen LogP contribution < -0.4 is 0 Å². The molecule has 0 amide bonds. The van der Waals surface area contributed by atoms with Crippen LogP contribution in [0.5, 0.6) is 0 Å². The van der Waals surface area contributed by atoms with Crippen LogP contribution in [-0.2, 0) is 5.41 Å². The van der Waals surface area contributed by atoms with Crippen LogP contribution in [0, 0.1) is 23.7 Å². The SMILES string of the molecule is c1ccc(-c2ccc(-c3c4ccccc4c(-c4cccc5c4C4(c6cc7ccccc7cc6-5)C5CC6CC(C5)CC4C6)c4ccccc34)cc2)cc1. The second kappa shape index (κ2) is 10.8. The van der Waals surface area contributed by atoms with E-state index in [1.54, 1.807) is 11.1 Å². The van der Waals surface area contributed by atoms with Crippen molar-refractivity contribution in [3.63, 3.8) is 0 Å². The van der Waals surface area contributed by atoms with Crippen LogP contribution >= 0.6 is 0 Å². The van der Waals surface area contributed by atoms with Gasteiger partial charge in [0.1, 0.15) is 0 Å². The van der Waals surface area contributed by atoms with Crippen LogP contribution in [0.1, 0.15) is 43.2 Å². The van der Waals surface area contributed by atoms with E-state index in [2.05, 4.69) is 158 Å². The highest BCUT2D eigenvalue weighted by Crippen LogP contribution is 2.71. The van der Waals surface area contributed by atoms with Gasteiger partial charge in [0.15, 0.2) is 0 Å². The zero-order valence-electron chi connectivity index (χ0n) is 29.4. The zero-order chi connectivity index (χ0) is 34.0. The minimum atomic E-state index is 0.0624. The normalized spacial score (nSPS) is 23.8. The highest BCUT2D eigenvalue weighted by Gasteiger charge is 2.62. The lowest BCUT2D eigenvalue weighted by Gasteiger charge is -2.61. The van der Waals surface area contributed by atoms with Gasteiger partial charge < -0.3 is 0 Å². The molecule has 0 saturated heterocycles. The Balaban J connectivity index is 1.15. The van der Waals surface area contributed by atoms with Gasteiger partial charge in [-0.3, -0.25) is 0 Å². The first-order valence-corrected chi connectivity index (χ1v) is 19.5. The summed E-state index contributed by atoms with van der Waals surface area (Å²) in [6.45, 7) is 0. The molecule has 0 aliphatic heterocycles. The molecular formula is C52H40. The second-order valence-electron chi connectivity index (χ2n) is 16.4. The summed E-state index contributed by atoms with van der Waals surface area (Å²) in [5.41, 5.74) is 14.3. The quantitative estimate of drug-likeness (QED) is 0.165. The molecule has 0 N–H and O–H groups in total. The molecule has 0 atom stereocenters. The molecule has 0 radical (unpaired) electrons. The molecule has 52 heavy (non-hydrogen) atoms. The van der Waals surface area contributed by atoms with Crippen molar-refractivity contribution in [3.05, 3.63) is 169 Å². The van der Waals surface area contributed by atoms with Crippen molar-refractivity contribution >= 4 is 32.3 Å². The maximum absolute atomic E-state index is 2.63. The van der Waals surface area contributed by atoms with E-state index in [1.807, 2.05) is 0 Å². The van der Waals surface area contributed by atoms with E-state index in [0.717, 1.165) is 11.8 Å². The van der Waals surface area contributed by atoms with Gasteiger partial charge in [-0.1, -0.05) is 146 Å². The van der Waals surface area contributed by atoms with E-state index in [4.69, 9.17) is 0 Å². The lowest BCUT2D eigenvalue weighted by Crippen LogP contribution is -2.55. The topological polar surface area (TPSA) is 0 Å². The molecule has 0 heterocycles. The molecule has 4 bridgehead atoms. The van der Waals surface area contributed by atoms with Crippen molar-refractivity contribution in [2.75, 3.05) is 0 Å². The summed E-state index contributed by atoms with van der Waals surface area (Å²) in [4.78, 5) is 0. The maximum atomic E-state index is 2.63. The van der Waals surface area contributed by atoms with E-state index in [1.165, 1.54) is 109 Å². The van der Waals surface area contributed by atoms with Gasteiger partial charge in [0.05, 0.1) is 0 Å². The van der Waals surface area contributed by atoms with E-state index in [0.29, 0.717) is 11.8 Å². The molecular weight excluding hydrogens is 625 g/mol. The Morgan fingerprint density at radius 2 is 0.865 bits per heavy atom. The molecule has 248 valence electrons. The smallest absolute Gasteiger partial charge is 0.0278 e. The minimum absolute atomic E-state index is 0.0624. The fourth-order valence-electron chi connectivity index (χ4n) is 12.3. The molecule has 1 spiro atoms. The number of hydrogen-bond acceptors (Lipinski definition) is 0. The third-order valence-electron chi connectivity index (χ3n) is 14.0. The van der Waals surface area contributed by atoms with Gasteiger partial charge in [0.2, 0.25) is 0 Å². The van der Waals surface area contributed by atoms with E-state index < -0.39 is 0 Å². The first kappa shape index (κ1) is 29.2. The molecule has 5 aliphatic rings. The summed E-state index contributed by atoms with van der Waals surface area (Å²) in [7, 11) is 0. The molecule has 0 heteroatoms. The van der Waals surface area contributed by atoms with Crippen LogP contribution in [0.3, 0.4) is 0 Å². The molecule has 0 aromatic heterocycles. The van der Waals surface area contributed by atoms with E-state index in [-0.39, 0.29) is 5.41 Å². The van der Waals surface area contributed by atoms with Crippen molar-refractivity contribution in [2.24, 2.45) is 23.7 Å². The van der Waals surface area contributed by atoms with Crippen molar-refractivity contribution in [3.8, 4) is 44.5 Å². The number of benzene rings is 8. The first-order chi connectivity index (χ1) is 25.8. The largest absolute Gasteiger partial charge is 0.0622 e.